The number of carbonyl (C=O) groups excluding carboxylic acids is 1. The zero-order valence-corrected chi connectivity index (χ0v) is 18.9. The van der Waals surface area contributed by atoms with Gasteiger partial charge in [0.2, 0.25) is 5.91 Å². The first-order chi connectivity index (χ1) is 15.4. The minimum absolute atomic E-state index is 0. The zero-order chi connectivity index (χ0) is 22.8. The molecule has 1 fully saturated rings. The van der Waals surface area contributed by atoms with Crippen molar-refractivity contribution in [1.82, 2.24) is 4.98 Å². The second-order valence-electron chi connectivity index (χ2n) is 7.89. The van der Waals surface area contributed by atoms with E-state index in [1.807, 2.05) is 0 Å². The van der Waals surface area contributed by atoms with Gasteiger partial charge in [-0.25, -0.2) is 4.98 Å². The molecule has 4 rings (SSSR count). The summed E-state index contributed by atoms with van der Waals surface area (Å²) < 4.78 is 5.94. The summed E-state index contributed by atoms with van der Waals surface area (Å²) >= 11 is 0. The number of benzene rings is 2. The number of aliphatic hydroxyl groups is 1. The van der Waals surface area contributed by atoms with Crippen LogP contribution in [0.2, 0.25) is 0 Å². The number of hydrogen-bond acceptors (Lipinski definition) is 7. The number of aromatic hydroxyl groups is 2. The number of aromatic nitrogens is 1. The molecule has 1 aromatic heterocycles. The molecule has 1 amide bonds. The van der Waals surface area contributed by atoms with Crippen LogP contribution in [-0.2, 0) is 11.4 Å². The third kappa shape index (κ3) is 5.30. The predicted octanol–water partition coefficient (Wildman–Crippen LogP) is 4.07. The first kappa shape index (κ1) is 24.2. The lowest BCUT2D eigenvalue weighted by molar-refractivity contribution is -0.114. The highest BCUT2D eigenvalue weighted by atomic mass is 35.5. The van der Waals surface area contributed by atoms with E-state index in [0.29, 0.717) is 46.2 Å². The van der Waals surface area contributed by atoms with E-state index in [-0.39, 0.29) is 47.9 Å². The van der Waals surface area contributed by atoms with E-state index < -0.39 is 0 Å². The third-order valence-corrected chi connectivity index (χ3v) is 5.37. The highest BCUT2D eigenvalue weighted by Gasteiger charge is 2.24. The van der Waals surface area contributed by atoms with Crippen LogP contribution in [0.25, 0.3) is 22.4 Å². The van der Waals surface area contributed by atoms with E-state index in [9.17, 15) is 20.1 Å². The fraction of sp³-hybridized carbons (Fsp3) is 0.250. The van der Waals surface area contributed by atoms with Gasteiger partial charge in [-0.3, -0.25) is 4.79 Å². The largest absolute Gasteiger partial charge is 0.507 e. The summed E-state index contributed by atoms with van der Waals surface area (Å²) in [4.78, 5) is 15.7. The number of ether oxygens (including phenoxy) is 1. The summed E-state index contributed by atoms with van der Waals surface area (Å²) in [5.41, 5.74) is 8.70. The smallest absolute Gasteiger partial charge is 0.221 e. The summed E-state index contributed by atoms with van der Waals surface area (Å²) in [7, 11) is 0. The number of nitrogens with one attached hydrogen (secondary N) is 1. The number of hydrogen-bond donors (Lipinski definition) is 5. The van der Waals surface area contributed by atoms with Crippen molar-refractivity contribution in [2.45, 2.75) is 26.4 Å². The minimum Gasteiger partial charge on any atom is -0.507 e. The fourth-order valence-corrected chi connectivity index (χ4v) is 3.53. The fourth-order valence-electron chi connectivity index (χ4n) is 3.53. The number of nitrogens with zero attached hydrogens (tertiary/aromatic N) is 1. The number of phenolic OH excluding ortho intramolecular Hbond substituents is 2. The van der Waals surface area contributed by atoms with Crippen LogP contribution >= 0.6 is 12.4 Å². The molecule has 0 radical (unpaired) electrons. The lowest BCUT2D eigenvalue weighted by atomic mass is 9.97. The SMILES string of the molecule is CC(=O)Nc1ccc(-c2cc(-c3c(O)cccc3OCC3CC3)nc(N)c2CO)cc1O.Cl. The Morgan fingerprint density at radius 2 is 1.94 bits per heavy atom. The van der Waals surface area contributed by atoms with Crippen molar-refractivity contribution in [2.75, 3.05) is 17.7 Å². The van der Waals surface area contributed by atoms with Gasteiger partial charge in [0.25, 0.3) is 0 Å². The van der Waals surface area contributed by atoms with Gasteiger partial charge < -0.3 is 31.1 Å². The Morgan fingerprint density at radius 3 is 2.58 bits per heavy atom. The number of rotatable bonds is 7. The molecule has 174 valence electrons. The number of halogens is 1. The van der Waals surface area contributed by atoms with Crippen LogP contribution in [0.3, 0.4) is 0 Å². The van der Waals surface area contributed by atoms with Crippen LogP contribution in [0.1, 0.15) is 25.3 Å². The molecule has 0 saturated heterocycles. The monoisotopic (exact) mass is 471 g/mol. The number of aliphatic hydroxyl groups excluding tert-OH is 1. The van der Waals surface area contributed by atoms with Gasteiger partial charge >= 0.3 is 0 Å². The summed E-state index contributed by atoms with van der Waals surface area (Å²) in [6.45, 7) is 1.54. The first-order valence-corrected chi connectivity index (χ1v) is 10.3. The van der Waals surface area contributed by atoms with Crippen molar-refractivity contribution in [2.24, 2.45) is 5.92 Å². The molecule has 0 spiro atoms. The topological polar surface area (TPSA) is 138 Å². The van der Waals surface area contributed by atoms with E-state index >= 15 is 0 Å². The van der Waals surface area contributed by atoms with Gasteiger partial charge in [0.1, 0.15) is 23.1 Å². The molecule has 9 heteroatoms. The molecule has 1 heterocycles. The van der Waals surface area contributed by atoms with Crippen molar-refractivity contribution in [1.29, 1.82) is 0 Å². The van der Waals surface area contributed by atoms with Gasteiger partial charge in [-0.15, -0.1) is 12.4 Å². The van der Waals surface area contributed by atoms with Crippen LogP contribution in [0.4, 0.5) is 11.5 Å². The number of amides is 1. The number of pyridine rings is 1. The molecule has 2 aromatic carbocycles. The molecule has 1 aliphatic rings. The summed E-state index contributed by atoms with van der Waals surface area (Å²) in [5, 5.41) is 33.4. The number of nitrogen functional groups attached to an aromatic ring is 1. The molecule has 3 aromatic rings. The maximum absolute atomic E-state index is 11.3. The van der Waals surface area contributed by atoms with E-state index in [1.54, 1.807) is 36.4 Å². The molecular formula is C24H26ClN3O5. The third-order valence-electron chi connectivity index (χ3n) is 5.37. The van der Waals surface area contributed by atoms with Crippen LogP contribution in [0.15, 0.2) is 42.5 Å². The van der Waals surface area contributed by atoms with Crippen LogP contribution < -0.4 is 15.8 Å². The minimum atomic E-state index is -0.367. The van der Waals surface area contributed by atoms with Gasteiger partial charge in [-0.05, 0) is 60.2 Å². The standard InChI is InChI=1S/C24H25N3O5.ClH/c1-13(29)26-18-8-7-15(9-21(18)31)16-10-19(27-24(25)17(16)11-28)23-20(30)3-2-4-22(23)32-12-14-5-6-14;/h2-4,7-10,14,28,30-31H,5-6,11-12H2,1H3,(H2,25,27)(H,26,29);1H. The Morgan fingerprint density at radius 1 is 1.18 bits per heavy atom. The van der Waals surface area contributed by atoms with Crippen molar-refractivity contribution < 1.29 is 24.9 Å². The van der Waals surface area contributed by atoms with Crippen molar-refractivity contribution >= 4 is 29.8 Å². The van der Waals surface area contributed by atoms with Gasteiger partial charge in [-0.2, -0.15) is 0 Å². The second-order valence-corrected chi connectivity index (χ2v) is 7.89. The Kier molecular flexibility index (Phi) is 7.30. The van der Waals surface area contributed by atoms with E-state index in [4.69, 9.17) is 10.5 Å². The number of nitrogens with two attached hydrogens (primary N) is 1. The maximum Gasteiger partial charge on any atom is 0.221 e. The van der Waals surface area contributed by atoms with Crippen LogP contribution in [0, 0.1) is 5.92 Å². The highest BCUT2D eigenvalue weighted by Crippen LogP contribution is 2.42. The number of phenols is 2. The molecule has 0 aliphatic heterocycles. The van der Waals surface area contributed by atoms with E-state index in [1.165, 1.54) is 13.0 Å². The Hall–Kier alpha value is -3.49. The summed E-state index contributed by atoms with van der Waals surface area (Å²) in [6.07, 6.45) is 2.26. The van der Waals surface area contributed by atoms with E-state index in [0.717, 1.165) is 12.8 Å². The average molecular weight is 472 g/mol. The maximum atomic E-state index is 11.3. The Labute approximate surface area is 197 Å². The van der Waals surface area contributed by atoms with Gasteiger partial charge in [-0.1, -0.05) is 12.1 Å². The molecule has 6 N–H and O–H groups in total. The second kappa shape index (κ2) is 9.97. The number of carbonyl (C=O) groups is 1. The zero-order valence-electron chi connectivity index (χ0n) is 18.0. The predicted molar refractivity (Wildman–Crippen MR) is 129 cm³/mol. The molecule has 0 bridgehead atoms. The molecule has 0 atom stereocenters. The molecule has 8 nitrogen and oxygen atoms in total. The summed E-state index contributed by atoms with van der Waals surface area (Å²) in [5.74, 6) is 0.682. The van der Waals surface area contributed by atoms with Crippen molar-refractivity contribution in [3.63, 3.8) is 0 Å². The molecule has 33 heavy (non-hydrogen) atoms. The van der Waals surface area contributed by atoms with Gasteiger partial charge in [0, 0.05) is 12.5 Å². The average Bonchev–Trinajstić information content (AvgIpc) is 3.57. The van der Waals surface area contributed by atoms with E-state index in [2.05, 4.69) is 10.3 Å². The molecule has 1 aliphatic carbocycles. The van der Waals surface area contributed by atoms with Crippen molar-refractivity contribution in [3.05, 3.63) is 48.0 Å². The van der Waals surface area contributed by atoms with Crippen LogP contribution in [0.5, 0.6) is 17.2 Å². The van der Waals surface area contributed by atoms with Crippen molar-refractivity contribution in [3.8, 4) is 39.6 Å². The first-order valence-electron chi connectivity index (χ1n) is 10.3. The van der Waals surface area contributed by atoms with Gasteiger partial charge in [0.15, 0.2) is 0 Å². The normalized spacial score (nSPS) is 12.7. The van der Waals surface area contributed by atoms with Gasteiger partial charge in [0.05, 0.1) is 30.2 Å². The lowest BCUT2D eigenvalue weighted by Crippen LogP contribution is -2.06. The quantitative estimate of drug-likeness (QED) is 0.327. The Balaban J connectivity index is 0.00000306. The Bertz CT molecular complexity index is 1180. The molecular weight excluding hydrogens is 446 g/mol. The highest BCUT2D eigenvalue weighted by molar-refractivity contribution is 5.91. The van der Waals surface area contributed by atoms with Crippen LogP contribution in [-0.4, -0.2) is 32.8 Å². The molecule has 0 unspecified atom stereocenters. The lowest BCUT2D eigenvalue weighted by Gasteiger charge is -2.17. The summed E-state index contributed by atoms with van der Waals surface area (Å²) in [6, 6.07) is 11.4. The molecule has 1 saturated carbocycles. The number of anilines is 2.